The summed E-state index contributed by atoms with van der Waals surface area (Å²) in [5.41, 5.74) is 1.96. The zero-order chi connectivity index (χ0) is 14.7. The normalized spacial score (nSPS) is 22.4. The van der Waals surface area contributed by atoms with Crippen molar-refractivity contribution in [2.75, 3.05) is 32.8 Å². The van der Waals surface area contributed by atoms with Crippen molar-refractivity contribution in [3.63, 3.8) is 0 Å². The second-order valence-corrected chi connectivity index (χ2v) is 7.98. The molecular weight excluding hydrogens is 280 g/mol. The molecule has 1 aromatic rings. The summed E-state index contributed by atoms with van der Waals surface area (Å²) in [6.07, 6.45) is 3.62. The van der Waals surface area contributed by atoms with Crippen LogP contribution in [0.1, 0.15) is 37.1 Å². The fraction of sp³-hybridized carbons (Fsp3) is 0.765. The van der Waals surface area contributed by atoms with E-state index < -0.39 is 0 Å². The van der Waals surface area contributed by atoms with Crippen molar-refractivity contribution in [2.45, 2.75) is 45.7 Å². The van der Waals surface area contributed by atoms with Gasteiger partial charge >= 0.3 is 0 Å². The predicted octanol–water partition coefficient (Wildman–Crippen LogP) is 2.90. The van der Waals surface area contributed by atoms with E-state index in [2.05, 4.69) is 35.5 Å². The summed E-state index contributed by atoms with van der Waals surface area (Å²) in [6.45, 7) is 11.0. The van der Waals surface area contributed by atoms with Crippen LogP contribution in [0.3, 0.4) is 0 Å². The third-order valence-electron chi connectivity index (χ3n) is 4.88. The molecule has 0 atom stereocenters. The molecule has 118 valence electrons. The molecule has 3 heterocycles. The van der Waals surface area contributed by atoms with E-state index in [0.717, 1.165) is 26.3 Å². The second-order valence-electron chi connectivity index (χ2n) is 6.98. The topological polar surface area (TPSA) is 24.5 Å². The van der Waals surface area contributed by atoms with E-state index in [1.54, 1.807) is 10.4 Å². The minimum atomic E-state index is 0.399. The molecule has 0 bridgehead atoms. The minimum Gasteiger partial charge on any atom is -0.381 e. The van der Waals surface area contributed by atoms with E-state index in [9.17, 15) is 0 Å². The summed E-state index contributed by atoms with van der Waals surface area (Å²) < 4.78 is 5.62. The van der Waals surface area contributed by atoms with Crippen LogP contribution in [0.25, 0.3) is 0 Å². The molecule has 0 unspecified atom stereocenters. The van der Waals surface area contributed by atoms with Gasteiger partial charge in [0.15, 0.2) is 0 Å². The second kappa shape index (κ2) is 6.78. The molecule has 21 heavy (non-hydrogen) atoms. The molecule has 1 N–H and O–H groups in total. The lowest BCUT2D eigenvalue weighted by Gasteiger charge is -2.42. The van der Waals surface area contributed by atoms with E-state index in [0.29, 0.717) is 11.5 Å². The third-order valence-corrected chi connectivity index (χ3v) is 5.91. The van der Waals surface area contributed by atoms with Gasteiger partial charge in [0.2, 0.25) is 0 Å². The van der Waals surface area contributed by atoms with Crippen LogP contribution in [-0.2, 0) is 17.7 Å². The molecule has 0 spiro atoms. The van der Waals surface area contributed by atoms with E-state index in [1.807, 2.05) is 11.3 Å². The Kier molecular flexibility index (Phi) is 4.99. The Bertz CT molecular complexity index is 451. The smallest absolute Gasteiger partial charge is 0.0472 e. The maximum atomic E-state index is 5.62. The van der Waals surface area contributed by atoms with Gasteiger partial charge in [-0.25, -0.2) is 0 Å². The molecule has 4 heteroatoms. The van der Waals surface area contributed by atoms with Crippen LogP contribution in [0.2, 0.25) is 0 Å². The lowest BCUT2D eigenvalue weighted by molar-refractivity contribution is -0.00733. The molecule has 3 nitrogen and oxygen atoms in total. The lowest BCUT2D eigenvalue weighted by atomic mass is 9.79. The summed E-state index contributed by atoms with van der Waals surface area (Å²) in [5, 5.41) is 5.93. The molecule has 3 rings (SSSR count). The minimum absolute atomic E-state index is 0.399. The van der Waals surface area contributed by atoms with Crippen LogP contribution in [0.15, 0.2) is 11.4 Å². The van der Waals surface area contributed by atoms with Crippen LogP contribution < -0.4 is 5.32 Å². The first-order valence-corrected chi connectivity index (χ1v) is 9.14. The van der Waals surface area contributed by atoms with Crippen molar-refractivity contribution in [2.24, 2.45) is 5.41 Å². The number of nitrogens with one attached hydrogen (secondary N) is 1. The number of hydrogen-bond acceptors (Lipinski definition) is 4. The Morgan fingerprint density at radius 1 is 1.38 bits per heavy atom. The fourth-order valence-electron chi connectivity index (χ4n) is 3.53. The third kappa shape index (κ3) is 3.86. The molecule has 0 aliphatic carbocycles. The van der Waals surface area contributed by atoms with E-state index >= 15 is 0 Å². The zero-order valence-corrected chi connectivity index (χ0v) is 14.2. The molecule has 1 saturated heterocycles. The van der Waals surface area contributed by atoms with Gasteiger partial charge in [0.05, 0.1) is 0 Å². The lowest BCUT2D eigenvalue weighted by Crippen LogP contribution is -2.49. The van der Waals surface area contributed by atoms with Gasteiger partial charge in [0, 0.05) is 50.3 Å². The van der Waals surface area contributed by atoms with Gasteiger partial charge in [-0.1, -0.05) is 13.8 Å². The Morgan fingerprint density at radius 2 is 2.19 bits per heavy atom. The highest BCUT2D eigenvalue weighted by Gasteiger charge is 2.35. The van der Waals surface area contributed by atoms with Crippen molar-refractivity contribution < 1.29 is 4.74 Å². The van der Waals surface area contributed by atoms with Crippen molar-refractivity contribution in [1.29, 1.82) is 0 Å². The fourth-order valence-corrected chi connectivity index (χ4v) is 4.42. The van der Waals surface area contributed by atoms with Gasteiger partial charge in [-0.05, 0) is 41.7 Å². The molecule has 2 aliphatic rings. The van der Waals surface area contributed by atoms with Gasteiger partial charge in [0.1, 0.15) is 0 Å². The number of ether oxygens (including phenoxy) is 1. The molecule has 0 saturated carbocycles. The molecule has 2 aliphatic heterocycles. The average Bonchev–Trinajstić information content (AvgIpc) is 2.94. The number of fused-ring (bicyclic) bond motifs is 1. The molecule has 0 radical (unpaired) electrons. The van der Waals surface area contributed by atoms with Crippen molar-refractivity contribution in [3.05, 3.63) is 21.9 Å². The van der Waals surface area contributed by atoms with Gasteiger partial charge < -0.3 is 10.1 Å². The van der Waals surface area contributed by atoms with Gasteiger partial charge in [-0.15, -0.1) is 11.3 Å². The Balaban J connectivity index is 1.64. The van der Waals surface area contributed by atoms with Gasteiger partial charge in [-0.3, -0.25) is 4.90 Å². The van der Waals surface area contributed by atoms with Crippen LogP contribution in [0.4, 0.5) is 0 Å². The summed E-state index contributed by atoms with van der Waals surface area (Å²) in [7, 11) is 0. The van der Waals surface area contributed by atoms with Crippen LogP contribution in [0, 0.1) is 5.41 Å². The number of nitrogens with zero attached hydrogens (tertiary/aromatic N) is 1. The Hall–Kier alpha value is -0.420. The van der Waals surface area contributed by atoms with Gasteiger partial charge in [0.25, 0.3) is 0 Å². The van der Waals surface area contributed by atoms with Crippen molar-refractivity contribution in [1.82, 2.24) is 10.2 Å². The van der Waals surface area contributed by atoms with Crippen LogP contribution in [0.5, 0.6) is 0 Å². The number of thiophene rings is 1. The van der Waals surface area contributed by atoms with Crippen molar-refractivity contribution >= 4 is 11.3 Å². The Labute approximate surface area is 132 Å². The van der Waals surface area contributed by atoms with E-state index in [1.165, 1.54) is 32.4 Å². The predicted molar refractivity (Wildman–Crippen MR) is 88.9 cm³/mol. The number of hydrogen-bond donors (Lipinski definition) is 1. The summed E-state index contributed by atoms with van der Waals surface area (Å²) in [6, 6.07) is 2.88. The molecule has 1 fully saturated rings. The highest BCUT2D eigenvalue weighted by molar-refractivity contribution is 7.10. The van der Waals surface area contributed by atoms with Gasteiger partial charge in [-0.2, -0.15) is 0 Å². The Morgan fingerprint density at radius 3 is 2.95 bits per heavy atom. The standard InChI is InChI=1S/C17H28N2OS/c1-14(2)18-12-17(5-8-20-9-6-17)13-19-7-3-16-15(11-19)4-10-21-16/h4,10,14,18H,3,5-9,11-13H2,1-2H3. The molecule has 1 aromatic heterocycles. The zero-order valence-electron chi connectivity index (χ0n) is 13.4. The maximum Gasteiger partial charge on any atom is 0.0472 e. The summed E-state index contributed by atoms with van der Waals surface area (Å²) in [5.74, 6) is 0. The molecule has 0 amide bonds. The molecular formula is C17H28N2OS. The summed E-state index contributed by atoms with van der Waals surface area (Å²) >= 11 is 1.93. The van der Waals surface area contributed by atoms with E-state index in [4.69, 9.17) is 4.74 Å². The quantitative estimate of drug-likeness (QED) is 0.905. The van der Waals surface area contributed by atoms with E-state index in [-0.39, 0.29) is 0 Å². The summed E-state index contributed by atoms with van der Waals surface area (Å²) in [4.78, 5) is 4.27. The largest absolute Gasteiger partial charge is 0.381 e. The van der Waals surface area contributed by atoms with Crippen LogP contribution in [-0.4, -0.2) is 43.8 Å². The first-order valence-electron chi connectivity index (χ1n) is 8.26. The average molecular weight is 308 g/mol. The number of rotatable bonds is 5. The van der Waals surface area contributed by atoms with Crippen molar-refractivity contribution in [3.8, 4) is 0 Å². The first-order chi connectivity index (χ1) is 10.2. The van der Waals surface area contributed by atoms with Crippen LogP contribution >= 0.6 is 11.3 Å². The SMILES string of the molecule is CC(C)NCC1(CN2CCc3sccc3C2)CCOCC1. The first kappa shape index (κ1) is 15.5. The highest BCUT2D eigenvalue weighted by Crippen LogP contribution is 2.33. The maximum absolute atomic E-state index is 5.62. The highest BCUT2D eigenvalue weighted by atomic mass is 32.1. The monoisotopic (exact) mass is 308 g/mol. The molecule has 0 aromatic carbocycles.